The number of nitrogens with zero attached hydrogens (tertiary/aromatic N) is 1. The van der Waals surface area contributed by atoms with Crippen LogP contribution < -0.4 is 4.72 Å². The van der Waals surface area contributed by atoms with Crippen molar-refractivity contribution in [3.8, 4) is 0 Å². The van der Waals surface area contributed by atoms with Crippen molar-refractivity contribution in [2.45, 2.75) is 11.3 Å². The number of halogens is 1. The molecule has 134 valence electrons. The van der Waals surface area contributed by atoms with Crippen LogP contribution in [0.3, 0.4) is 0 Å². The van der Waals surface area contributed by atoms with Gasteiger partial charge in [0.05, 0.1) is 18.0 Å². The van der Waals surface area contributed by atoms with E-state index in [1.807, 2.05) is 0 Å². The number of hydrogen-bond acceptors (Lipinski definition) is 5. The summed E-state index contributed by atoms with van der Waals surface area (Å²) >= 11 is 3.31. The molecule has 1 aromatic carbocycles. The van der Waals surface area contributed by atoms with Crippen molar-refractivity contribution in [1.82, 2.24) is 9.62 Å². The molecule has 0 spiro atoms. The van der Waals surface area contributed by atoms with E-state index < -0.39 is 35.1 Å². The minimum absolute atomic E-state index is 0.0283. The number of sulfonamides is 1. The lowest BCUT2D eigenvalue weighted by atomic mass is 10.2. The Morgan fingerprint density at radius 2 is 1.62 bits per heavy atom. The molecule has 1 aromatic rings. The number of carbonyl (C=O) groups is 2. The fourth-order valence-electron chi connectivity index (χ4n) is 1.96. The maximum Gasteiger partial charge on any atom is 0.317 e. The summed E-state index contributed by atoms with van der Waals surface area (Å²) in [6.45, 7) is -1.07. The van der Waals surface area contributed by atoms with Crippen LogP contribution >= 0.6 is 15.9 Å². The van der Waals surface area contributed by atoms with Gasteiger partial charge in [0.15, 0.2) is 0 Å². The molecule has 0 heterocycles. The topological polar surface area (TPSA) is 124 Å². The van der Waals surface area contributed by atoms with E-state index in [2.05, 4.69) is 20.7 Å². The van der Waals surface area contributed by atoms with Crippen molar-refractivity contribution in [2.24, 2.45) is 0 Å². The number of rotatable bonds is 11. The molecular formula is C14H19BrN2O6S. The fraction of sp³-hybridized carbons (Fsp3) is 0.429. The molecule has 1 rings (SSSR count). The molecule has 0 radical (unpaired) electrons. The van der Waals surface area contributed by atoms with Gasteiger partial charge in [0.2, 0.25) is 10.0 Å². The minimum Gasteiger partial charge on any atom is -0.480 e. The smallest absolute Gasteiger partial charge is 0.317 e. The Kier molecular flexibility index (Phi) is 8.32. The molecule has 24 heavy (non-hydrogen) atoms. The van der Waals surface area contributed by atoms with Crippen molar-refractivity contribution in [1.29, 1.82) is 0 Å². The first-order valence-electron chi connectivity index (χ1n) is 7.05. The Morgan fingerprint density at radius 3 is 2.08 bits per heavy atom. The second-order valence-corrected chi connectivity index (χ2v) is 7.54. The Morgan fingerprint density at radius 1 is 1.08 bits per heavy atom. The largest absolute Gasteiger partial charge is 0.480 e. The van der Waals surface area contributed by atoms with Crippen LogP contribution in [0.4, 0.5) is 0 Å². The summed E-state index contributed by atoms with van der Waals surface area (Å²) < 4.78 is 26.7. The summed E-state index contributed by atoms with van der Waals surface area (Å²) in [7, 11) is -3.73. The first-order chi connectivity index (χ1) is 11.2. The monoisotopic (exact) mass is 422 g/mol. The van der Waals surface area contributed by atoms with E-state index in [1.54, 1.807) is 12.1 Å². The Bertz CT molecular complexity index is 646. The zero-order valence-electron chi connectivity index (χ0n) is 12.8. The van der Waals surface area contributed by atoms with Crippen LogP contribution in [-0.2, 0) is 26.0 Å². The third kappa shape index (κ3) is 7.39. The fourth-order valence-corrected chi connectivity index (χ4v) is 3.44. The second-order valence-electron chi connectivity index (χ2n) is 4.98. The van der Waals surface area contributed by atoms with Gasteiger partial charge < -0.3 is 10.2 Å². The van der Waals surface area contributed by atoms with Gasteiger partial charge in [-0.2, -0.15) is 0 Å². The maximum absolute atomic E-state index is 12.2. The molecule has 0 bridgehead atoms. The number of hydrogen-bond donors (Lipinski definition) is 3. The van der Waals surface area contributed by atoms with Gasteiger partial charge in [-0.15, -0.1) is 0 Å². The third-order valence-electron chi connectivity index (χ3n) is 3.05. The van der Waals surface area contributed by atoms with Crippen LogP contribution in [0, 0.1) is 0 Å². The van der Waals surface area contributed by atoms with Crippen LogP contribution in [0.1, 0.15) is 5.56 Å². The number of carboxylic acids is 2. The summed E-state index contributed by atoms with van der Waals surface area (Å²) in [5, 5.41) is 18.2. The molecule has 0 saturated heterocycles. The van der Waals surface area contributed by atoms with Crippen LogP contribution in [0.15, 0.2) is 29.2 Å². The lowest BCUT2D eigenvalue weighted by Crippen LogP contribution is -2.40. The van der Waals surface area contributed by atoms with Gasteiger partial charge in [-0.3, -0.25) is 14.5 Å². The number of benzene rings is 1. The predicted molar refractivity (Wildman–Crippen MR) is 90.8 cm³/mol. The van der Waals surface area contributed by atoms with E-state index in [0.717, 1.165) is 22.2 Å². The maximum atomic E-state index is 12.2. The van der Waals surface area contributed by atoms with Crippen LogP contribution in [0.5, 0.6) is 0 Å². The molecule has 0 aliphatic rings. The summed E-state index contributed by atoms with van der Waals surface area (Å²) in [4.78, 5) is 22.6. The van der Waals surface area contributed by atoms with Crippen molar-refractivity contribution in [2.75, 3.05) is 31.5 Å². The number of carboxylic acid groups (broad SMARTS) is 2. The van der Waals surface area contributed by atoms with Gasteiger partial charge in [-0.05, 0) is 24.1 Å². The number of alkyl halides is 1. The molecule has 0 aliphatic carbocycles. The average molecular weight is 423 g/mol. The molecule has 0 aliphatic heterocycles. The molecule has 0 atom stereocenters. The standard InChI is InChI=1S/C14H19BrN2O6S/c15-6-5-11-1-3-12(4-2-11)24(22,23)16-7-8-17(9-13(18)19)10-14(20)21/h1-4,16H,5-10H2,(H,18,19)(H,20,21). The highest BCUT2D eigenvalue weighted by molar-refractivity contribution is 9.09. The zero-order valence-corrected chi connectivity index (χ0v) is 15.2. The van der Waals surface area contributed by atoms with Gasteiger partial charge in [0.1, 0.15) is 0 Å². The molecule has 0 aromatic heterocycles. The lowest BCUT2D eigenvalue weighted by molar-refractivity contribution is -0.141. The van der Waals surface area contributed by atoms with E-state index in [9.17, 15) is 18.0 Å². The van der Waals surface area contributed by atoms with Gasteiger partial charge in [-0.1, -0.05) is 28.1 Å². The van der Waals surface area contributed by atoms with Gasteiger partial charge >= 0.3 is 11.9 Å². The predicted octanol–water partition coefficient (Wildman–Crippen LogP) is 0.374. The van der Waals surface area contributed by atoms with Gasteiger partial charge in [0, 0.05) is 18.4 Å². The Balaban J connectivity index is 2.62. The normalized spacial score (nSPS) is 11.6. The second kappa shape index (κ2) is 9.72. The third-order valence-corrected chi connectivity index (χ3v) is 4.93. The quantitative estimate of drug-likeness (QED) is 0.440. The van der Waals surface area contributed by atoms with Crippen molar-refractivity contribution in [3.05, 3.63) is 29.8 Å². The first kappa shape index (κ1) is 20.6. The molecular weight excluding hydrogens is 404 g/mol. The molecule has 10 heteroatoms. The van der Waals surface area contributed by atoms with Crippen LogP contribution in [-0.4, -0.2) is 67.0 Å². The summed E-state index contributed by atoms with van der Waals surface area (Å²) in [5.74, 6) is -2.36. The Labute approximate surface area is 148 Å². The Hall–Kier alpha value is -1.49. The molecule has 3 N–H and O–H groups in total. The van der Waals surface area contributed by atoms with Gasteiger partial charge in [0.25, 0.3) is 0 Å². The average Bonchev–Trinajstić information content (AvgIpc) is 2.46. The zero-order chi connectivity index (χ0) is 18.2. The number of aryl methyl sites for hydroxylation is 1. The number of aliphatic carboxylic acids is 2. The van der Waals surface area contributed by atoms with Crippen LogP contribution in [0.25, 0.3) is 0 Å². The lowest BCUT2D eigenvalue weighted by Gasteiger charge is -2.18. The van der Waals surface area contributed by atoms with E-state index in [0.29, 0.717) is 0 Å². The highest BCUT2D eigenvalue weighted by Gasteiger charge is 2.16. The molecule has 8 nitrogen and oxygen atoms in total. The van der Waals surface area contributed by atoms with Crippen LogP contribution in [0.2, 0.25) is 0 Å². The van der Waals surface area contributed by atoms with Crippen molar-refractivity contribution >= 4 is 37.9 Å². The SMILES string of the molecule is O=C(O)CN(CCNS(=O)(=O)c1ccc(CCBr)cc1)CC(=O)O. The van der Waals surface area contributed by atoms with Crippen molar-refractivity contribution < 1.29 is 28.2 Å². The highest BCUT2D eigenvalue weighted by Crippen LogP contribution is 2.11. The van der Waals surface area contributed by atoms with E-state index in [4.69, 9.17) is 10.2 Å². The van der Waals surface area contributed by atoms with E-state index in [1.165, 1.54) is 12.1 Å². The number of nitrogens with one attached hydrogen (secondary N) is 1. The first-order valence-corrected chi connectivity index (χ1v) is 9.65. The van der Waals surface area contributed by atoms with E-state index in [-0.39, 0.29) is 18.0 Å². The molecule has 0 fully saturated rings. The minimum atomic E-state index is -3.73. The van der Waals surface area contributed by atoms with Crippen molar-refractivity contribution in [3.63, 3.8) is 0 Å². The summed E-state index contributed by atoms with van der Waals surface area (Å²) in [6.07, 6.45) is 0.785. The summed E-state index contributed by atoms with van der Waals surface area (Å²) in [6, 6.07) is 6.42. The highest BCUT2D eigenvalue weighted by atomic mass is 79.9. The molecule has 0 saturated carbocycles. The summed E-state index contributed by atoms with van der Waals surface area (Å²) in [5.41, 5.74) is 1.000. The van der Waals surface area contributed by atoms with E-state index >= 15 is 0 Å². The van der Waals surface area contributed by atoms with Gasteiger partial charge in [-0.25, -0.2) is 13.1 Å². The molecule has 0 amide bonds. The molecule has 0 unspecified atom stereocenters.